The van der Waals surface area contributed by atoms with Crippen molar-refractivity contribution in [2.75, 3.05) is 0 Å². The molecule has 0 bridgehead atoms. The summed E-state index contributed by atoms with van der Waals surface area (Å²) in [5, 5.41) is 16.2. The largest absolute Gasteiger partial charge is 0.407 e. The Kier molecular flexibility index (Phi) is 1.51. The van der Waals surface area contributed by atoms with E-state index in [0.29, 0.717) is 10.9 Å². The molecule has 0 saturated carbocycles. The average Bonchev–Trinajstić information content (AvgIpc) is 2.12. The summed E-state index contributed by atoms with van der Waals surface area (Å²) in [5.41, 5.74) is 0.942. The van der Waals surface area contributed by atoms with E-state index in [4.69, 9.17) is 5.21 Å². The van der Waals surface area contributed by atoms with Gasteiger partial charge in [-0.2, -0.15) is 0 Å². The van der Waals surface area contributed by atoms with E-state index in [1.165, 1.54) is 0 Å². The molecule has 0 aliphatic heterocycles. The number of fused-ring (bicyclic) bond motifs is 1. The van der Waals surface area contributed by atoms with Gasteiger partial charge < -0.3 is 5.21 Å². The van der Waals surface area contributed by atoms with E-state index >= 15 is 0 Å². The third kappa shape index (κ3) is 1.14. The summed E-state index contributed by atoms with van der Waals surface area (Å²) < 4.78 is 0. The lowest BCUT2D eigenvalue weighted by atomic mass is 10.2. The molecule has 2 aromatic rings. The number of rotatable bonds is 0. The fourth-order valence-corrected chi connectivity index (χ4v) is 1.14. The van der Waals surface area contributed by atoms with Gasteiger partial charge in [-0.05, 0) is 34.7 Å². The van der Waals surface area contributed by atoms with E-state index in [1.807, 2.05) is 6.92 Å². The van der Waals surface area contributed by atoms with E-state index in [1.54, 1.807) is 18.2 Å². The van der Waals surface area contributed by atoms with Crippen molar-refractivity contribution in [2.24, 2.45) is 0 Å². The van der Waals surface area contributed by atoms with Crippen molar-refractivity contribution in [3.05, 3.63) is 34.1 Å². The van der Waals surface area contributed by atoms with Gasteiger partial charge in [0.15, 0.2) is 0 Å². The predicted octanol–water partition coefficient (Wildman–Crippen LogP) is 0.337. The zero-order chi connectivity index (χ0) is 9.42. The summed E-state index contributed by atoms with van der Waals surface area (Å²) in [6, 6.07) is 5.14. The highest BCUT2D eigenvalue weighted by Crippen LogP contribution is 2.07. The molecule has 0 aliphatic carbocycles. The molecule has 13 heavy (non-hydrogen) atoms. The Labute approximate surface area is 73.2 Å². The Morgan fingerprint density at radius 2 is 2.23 bits per heavy atom. The van der Waals surface area contributed by atoms with Gasteiger partial charge >= 0.3 is 5.56 Å². The molecule has 0 spiro atoms. The number of aromatic nitrogens is 3. The minimum absolute atomic E-state index is 0.234. The number of nitrogens with zero attached hydrogens (tertiary/aromatic N) is 3. The molecule has 5 nitrogen and oxygen atoms in total. The van der Waals surface area contributed by atoms with Gasteiger partial charge in [0.25, 0.3) is 0 Å². The normalized spacial score (nSPS) is 10.5. The van der Waals surface area contributed by atoms with Crippen LogP contribution in [0.3, 0.4) is 0 Å². The zero-order valence-electron chi connectivity index (χ0n) is 6.93. The van der Waals surface area contributed by atoms with Gasteiger partial charge in [0.05, 0.1) is 5.39 Å². The molecule has 0 unspecified atom stereocenters. The van der Waals surface area contributed by atoms with E-state index in [-0.39, 0.29) is 4.85 Å². The Morgan fingerprint density at radius 3 is 3.00 bits per heavy atom. The lowest BCUT2D eigenvalue weighted by Gasteiger charge is -1.97. The lowest BCUT2D eigenvalue weighted by molar-refractivity contribution is 0.127. The predicted molar refractivity (Wildman–Crippen MR) is 45.7 cm³/mol. The van der Waals surface area contributed by atoms with Crippen LogP contribution in [0.5, 0.6) is 0 Å². The van der Waals surface area contributed by atoms with E-state index in [9.17, 15) is 4.79 Å². The summed E-state index contributed by atoms with van der Waals surface area (Å²) in [4.78, 5) is 11.5. The topological polar surface area (TPSA) is 68.0 Å². The number of hydrogen-bond donors (Lipinski definition) is 1. The van der Waals surface area contributed by atoms with E-state index in [0.717, 1.165) is 5.56 Å². The molecule has 0 aliphatic rings. The first kappa shape index (κ1) is 7.72. The SMILES string of the molecule is Cc1ccc2c(=O)n(O)nnc2c1. The Bertz CT molecular complexity index is 518. The summed E-state index contributed by atoms with van der Waals surface area (Å²) in [6.45, 7) is 1.89. The van der Waals surface area contributed by atoms with Gasteiger partial charge in [0, 0.05) is 0 Å². The third-order valence-corrected chi connectivity index (χ3v) is 1.80. The molecule has 1 aromatic carbocycles. The molecule has 0 saturated heterocycles. The van der Waals surface area contributed by atoms with Crippen LogP contribution in [0.1, 0.15) is 5.56 Å². The Morgan fingerprint density at radius 1 is 1.46 bits per heavy atom. The van der Waals surface area contributed by atoms with Crippen molar-refractivity contribution in [2.45, 2.75) is 6.92 Å². The van der Waals surface area contributed by atoms with Crippen molar-refractivity contribution in [1.82, 2.24) is 15.2 Å². The lowest BCUT2D eigenvalue weighted by Crippen LogP contribution is -2.21. The van der Waals surface area contributed by atoms with Crippen LogP contribution >= 0.6 is 0 Å². The summed E-state index contributed by atoms with van der Waals surface area (Å²) in [5.74, 6) is 0. The second-order valence-corrected chi connectivity index (χ2v) is 2.80. The van der Waals surface area contributed by atoms with Crippen LogP contribution in [0.4, 0.5) is 0 Å². The van der Waals surface area contributed by atoms with Gasteiger partial charge in [-0.1, -0.05) is 6.07 Å². The average molecular weight is 177 g/mol. The number of benzene rings is 1. The van der Waals surface area contributed by atoms with Crippen LogP contribution in [0, 0.1) is 6.92 Å². The third-order valence-electron chi connectivity index (χ3n) is 1.80. The van der Waals surface area contributed by atoms with Crippen LogP contribution in [0.25, 0.3) is 10.9 Å². The second kappa shape index (κ2) is 2.55. The highest BCUT2D eigenvalue weighted by Gasteiger charge is 2.03. The smallest absolute Gasteiger partial charge is 0.314 e. The Hall–Kier alpha value is -1.91. The monoisotopic (exact) mass is 177 g/mol. The molecular weight excluding hydrogens is 170 g/mol. The van der Waals surface area contributed by atoms with Gasteiger partial charge in [0.2, 0.25) is 0 Å². The molecule has 2 rings (SSSR count). The maximum Gasteiger partial charge on any atom is 0.314 e. The molecule has 1 N–H and O–H groups in total. The molecule has 0 radical (unpaired) electrons. The maximum absolute atomic E-state index is 11.3. The van der Waals surface area contributed by atoms with Crippen LogP contribution in [-0.4, -0.2) is 20.4 Å². The minimum atomic E-state index is -0.551. The molecule has 0 amide bonds. The Balaban J connectivity index is 2.95. The molecule has 1 aromatic heterocycles. The maximum atomic E-state index is 11.3. The quantitative estimate of drug-likeness (QED) is 0.589. The van der Waals surface area contributed by atoms with Crippen molar-refractivity contribution < 1.29 is 5.21 Å². The summed E-state index contributed by atoms with van der Waals surface area (Å²) in [7, 11) is 0. The van der Waals surface area contributed by atoms with Gasteiger partial charge in [-0.15, -0.1) is 5.10 Å². The molecule has 0 atom stereocenters. The van der Waals surface area contributed by atoms with Crippen molar-refractivity contribution in [3.63, 3.8) is 0 Å². The van der Waals surface area contributed by atoms with Crippen LogP contribution in [0.15, 0.2) is 23.0 Å². The van der Waals surface area contributed by atoms with Crippen LogP contribution < -0.4 is 5.56 Å². The van der Waals surface area contributed by atoms with Crippen LogP contribution in [-0.2, 0) is 0 Å². The molecule has 66 valence electrons. The first-order valence-corrected chi connectivity index (χ1v) is 3.74. The summed E-state index contributed by atoms with van der Waals surface area (Å²) in [6.07, 6.45) is 0. The summed E-state index contributed by atoms with van der Waals surface area (Å²) >= 11 is 0. The molecular formula is C8H7N3O2. The fourth-order valence-electron chi connectivity index (χ4n) is 1.14. The van der Waals surface area contributed by atoms with E-state index < -0.39 is 5.56 Å². The number of hydrogen-bond acceptors (Lipinski definition) is 4. The van der Waals surface area contributed by atoms with Crippen LogP contribution in [0.2, 0.25) is 0 Å². The standard InChI is InChI=1S/C8H7N3O2/c1-5-2-3-6-7(4-5)9-10-11(13)8(6)12/h2-4,13H,1H3. The van der Waals surface area contributed by atoms with Crippen molar-refractivity contribution in [1.29, 1.82) is 0 Å². The number of aryl methyl sites for hydroxylation is 1. The minimum Gasteiger partial charge on any atom is -0.407 e. The van der Waals surface area contributed by atoms with Crippen molar-refractivity contribution in [3.8, 4) is 0 Å². The van der Waals surface area contributed by atoms with E-state index in [2.05, 4.69) is 10.3 Å². The molecule has 5 heteroatoms. The molecule has 1 heterocycles. The highest BCUT2D eigenvalue weighted by molar-refractivity contribution is 5.77. The first-order valence-electron chi connectivity index (χ1n) is 3.74. The van der Waals surface area contributed by atoms with Gasteiger partial charge in [-0.25, -0.2) is 0 Å². The highest BCUT2D eigenvalue weighted by atomic mass is 16.5. The first-order chi connectivity index (χ1) is 6.18. The van der Waals surface area contributed by atoms with Gasteiger partial charge in [0.1, 0.15) is 5.52 Å². The van der Waals surface area contributed by atoms with Crippen molar-refractivity contribution >= 4 is 10.9 Å². The fraction of sp³-hybridized carbons (Fsp3) is 0.125. The second-order valence-electron chi connectivity index (χ2n) is 2.80. The molecule has 0 fully saturated rings. The zero-order valence-corrected chi connectivity index (χ0v) is 6.93. The van der Waals surface area contributed by atoms with Gasteiger partial charge in [-0.3, -0.25) is 4.79 Å².